The van der Waals surface area contributed by atoms with Crippen LogP contribution in [0.5, 0.6) is 11.5 Å². The highest BCUT2D eigenvalue weighted by Crippen LogP contribution is 2.37. The second-order valence-corrected chi connectivity index (χ2v) is 7.47. The predicted octanol–water partition coefficient (Wildman–Crippen LogP) is 3.34. The van der Waals surface area contributed by atoms with E-state index in [4.69, 9.17) is 9.47 Å². The highest BCUT2D eigenvalue weighted by molar-refractivity contribution is 5.78. The van der Waals surface area contributed by atoms with E-state index in [9.17, 15) is 4.79 Å². The van der Waals surface area contributed by atoms with E-state index in [1.165, 1.54) is 11.1 Å². The maximum absolute atomic E-state index is 12.4. The molecule has 0 saturated carbocycles. The molecule has 1 atom stereocenters. The van der Waals surface area contributed by atoms with E-state index < -0.39 is 0 Å². The van der Waals surface area contributed by atoms with Crippen LogP contribution in [0, 0.1) is 0 Å². The number of fused-ring (bicyclic) bond motifs is 1. The summed E-state index contributed by atoms with van der Waals surface area (Å²) < 4.78 is 11.6. The molecule has 1 saturated heterocycles. The zero-order valence-corrected chi connectivity index (χ0v) is 16.2. The topological polar surface area (TPSA) is 50.8 Å². The summed E-state index contributed by atoms with van der Waals surface area (Å²) in [5.41, 5.74) is 2.45. The van der Waals surface area contributed by atoms with Crippen molar-refractivity contribution in [2.24, 2.45) is 0 Å². The van der Waals surface area contributed by atoms with E-state index in [1.807, 2.05) is 24.3 Å². The molecule has 5 heteroatoms. The Labute approximate surface area is 166 Å². The molecule has 2 aromatic carbocycles. The summed E-state index contributed by atoms with van der Waals surface area (Å²) in [6.45, 7) is 3.45. The molecule has 0 radical (unpaired) electrons. The first-order chi connectivity index (χ1) is 13.8. The van der Waals surface area contributed by atoms with E-state index >= 15 is 0 Å². The van der Waals surface area contributed by atoms with Gasteiger partial charge < -0.3 is 14.8 Å². The molecular weight excluding hydrogens is 352 g/mol. The molecule has 2 aromatic rings. The summed E-state index contributed by atoms with van der Waals surface area (Å²) in [6.07, 6.45) is 3.94. The Kier molecular flexibility index (Phi) is 6.12. The van der Waals surface area contributed by atoms with Crippen LogP contribution in [0.2, 0.25) is 0 Å². The summed E-state index contributed by atoms with van der Waals surface area (Å²) in [5.74, 6) is 1.75. The quantitative estimate of drug-likeness (QED) is 0.835. The summed E-state index contributed by atoms with van der Waals surface area (Å²) >= 11 is 0. The van der Waals surface area contributed by atoms with Gasteiger partial charge in [-0.05, 0) is 49.1 Å². The fraction of sp³-hybridized carbons (Fsp3) is 0.435. The average Bonchev–Trinajstić information content (AvgIpc) is 3.04. The fourth-order valence-electron chi connectivity index (χ4n) is 4.01. The highest BCUT2D eigenvalue weighted by Gasteiger charge is 2.28. The lowest BCUT2D eigenvalue weighted by atomic mass is 10.0. The van der Waals surface area contributed by atoms with Gasteiger partial charge in [0.2, 0.25) is 5.91 Å². The van der Waals surface area contributed by atoms with Gasteiger partial charge in [0.25, 0.3) is 0 Å². The van der Waals surface area contributed by atoms with Gasteiger partial charge in [0.05, 0.1) is 19.8 Å². The lowest BCUT2D eigenvalue weighted by Crippen LogP contribution is -2.37. The van der Waals surface area contributed by atoms with Crippen LogP contribution in [0.4, 0.5) is 0 Å². The lowest BCUT2D eigenvalue weighted by molar-refractivity contribution is -0.122. The van der Waals surface area contributed by atoms with Crippen molar-refractivity contribution in [3.8, 4) is 11.5 Å². The average molecular weight is 380 g/mol. The third-order valence-electron chi connectivity index (χ3n) is 5.45. The molecule has 1 fully saturated rings. The molecule has 0 bridgehead atoms. The molecule has 2 aliphatic rings. The van der Waals surface area contributed by atoms with E-state index in [2.05, 4.69) is 34.5 Å². The number of likely N-dealkylation sites (tertiary alicyclic amines) is 1. The minimum Gasteiger partial charge on any atom is -0.490 e. The van der Waals surface area contributed by atoms with Crippen LogP contribution in [-0.2, 0) is 11.2 Å². The molecule has 0 unspecified atom stereocenters. The van der Waals surface area contributed by atoms with Gasteiger partial charge in [-0.2, -0.15) is 0 Å². The minimum absolute atomic E-state index is 0.0946. The van der Waals surface area contributed by atoms with E-state index in [0.29, 0.717) is 26.3 Å². The van der Waals surface area contributed by atoms with Crippen molar-refractivity contribution in [1.29, 1.82) is 0 Å². The van der Waals surface area contributed by atoms with Crippen LogP contribution in [0.1, 0.15) is 36.4 Å². The van der Waals surface area contributed by atoms with E-state index in [-0.39, 0.29) is 11.9 Å². The third-order valence-corrected chi connectivity index (χ3v) is 5.45. The summed E-state index contributed by atoms with van der Waals surface area (Å²) in [5, 5.41) is 3.06. The second kappa shape index (κ2) is 9.11. The standard InChI is InChI=1S/C23H28N2O3/c26-23(24-12-11-18-6-2-1-3-7-18)17-25-13-4-8-20(25)19-9-10-21-22(16-19)28-15-5-14-27-21/h1-3,6-7,9-10,16,20H,4-5,8,11-15,17H2,(H,24,26)/t20-/m1/s1. The van der Waals surface area contributed by atoms with Gasteiger partial charge in [0.1, 0.15) is 0 Å². The molecule has 148 valence electrons. The number of ether oxygens (including phenoxy) is 2. The number of rotatable bonds is 6. The summed E-state index contributed by atoms with van der Waals surface area (Å²) in [6, 6.07) is 16.7. The first kappa shape index (κ1) is 18.8. The molecule has 2 aliphatic heterocycles. The normalized spacial score (nSPS) is 19.2. The number of hydrogen-bond donors (Lipinski definition) is 1. The Morgan fingerprint density at radius 3 is 2.71 bits per heavy atom. The van der Waals surface area contributed by atoms with Crippen molar-refractivity contribution in [2.45, 2.75) is 31.7 Å². The number of nitrogens with one attached hydrogen (secondary N) is 1. The van der Waals surface area contributed by atoms with Gasteiger partial charge in [0, 0.05) is 19.0 Å². The fourth-order valence-corrected chi connectivity index (χ4v) is 4.01. The molecule has 1 amide bonds. The van der Waals surface area contributed by atoms with Crippen LogP contribution in [0.25, 0.3) is 0 Å². The SMILES string of the molecule is O=C(CN1CCC[C@@H]1c1ccc2c(c1)OCCCO2)NCCc1ccccc1. The Hall–Kier alpha value is -2.53. The number of nitrogens with zero attached hydrogens (tertiary/aromatic N) is 1. The number of hydrogen-bond acceptors (Lipinski definition) is 4. The zero-order valence-electron chi connectivity index (χ0n) is 16.2. The van der Waals surface area contributed by atoms with Crippen LogP contribution in [-0.4, -0.2) is 43.7 Å². The second-order valence-electron chi connectivity index (χ2n) is 7.47. The van der Waals surface area contributed by atoms with Crippen LogP contribution >= 0.6 is 0 Å². The van der Waals surface area contributed by atoms with Crippen molar-refractivity contribution >= 4 is 5.91 Å². The smallest absolute Gasteiger partial charge is 0.234 e. The van der Waals surface area contributed by atoms with Crippen molar-refractivity contribution in [3.05, 3.63) is 59.7 Å². The van der Waals surface area contributed by atoms with Gasteiger partial charge in [0.15, 0.2) is 11.5 Å². The van der Waals surface area contributed by atoms with Crippen molar-refractivity contribution < 1.29 is 14.3 Å². The van der Waals surface area contributed by atoms with E-state index in [0.717, 1.165) is 43.7 Å². The highest BCUT2D eigenvalue weighted by atomic mass is 16.5. The largest absolute Gasteiger partial charge is 0.490 e. The van der Waals surface area contributed by atoms with Gasteiger partial charge in [-0.15, -0.1) is 0 Å². The van der Waals surface area contributed by atoms with Gasteiger partial charge >= 0.3 is 0 Å². The maximum atomic E-state index is 12.4. The number of amides is 1. The van der Waals surface area contributed by atoms with Gasteiger partial charge in [-0.25, -0.2) is 0 Å². The third kappa shape index (κ3) is 4.65. The van der Waals surface area contributed by atoms with E-state index in [1.54, 1.807) is 0 Å². The number of benzene rings is 2. The molecule has 0 spiro atoms. The maximum Gasteiger partial charge on any atom is 0.234 e. The number of carbonyl (C=O) groups excluding carboxylic acids is 1. The van der Waals surface area contributed by atoms with Crippen molar-refractivity contribution in [3.63, 3.8) is 0 Å². The Morgan fingerprint density at radius 1 is 1.04 bits per heavy atom. The molecule has 4 rings (SSSR count). The number of carbonyl (C=O) groups is 1. The Morgan fingerprint density at radius 2 is 1.86 bits per heavy atom. The molecule has 2 heterocycles. The van der Waals surface area contributed by atoms with Crippen LogP contribution < -0.4 is 14.8 Å². The van der Waals surface area contributed by atoms with Crippen molar-refractivity contribution in [2.75, 3.05) is 32.8 Å². The first-order valence-electron chi connectivity index (χ1n) is 10.2. The first-order valence-corrected chi connectivity index (χ1v) is 10.2. The molecule has 28 heavy (non-hydrogen) atoms. The Bertz CT molecular complexity index is 794. The molecule has 0 aromatic heterocycles. The van der Waals surface area contributed by atoms with Crippen molar-refractivity contribution in [1.82, 2.24) is 10.2 Å². The predicted molar refractivity (Wildman–Crippen MR) is 109 cm³/mol. The molecule has 0 aliphatic carbocycles. The Balaban J connectivity index is 1.33. The van der Waals surface area contributed by atoms with Crippen LogP contribution in [0.3, 0.4) is 0 Å². The lowest BCUT2D eigenvalue weighted by Gasteiger charge is -2.25. The summed E-state index contributed by atoms with van der Waals surface area (Å²) in [7, 11) is 0. The van der Waals surface area contributed by atoms with Crippen LogP contribution in [0.15, 0.2) is 48.5 Å². The monoisotopic (exact) mass is 380 g/mol. The molecule has 5 nitrogen and oxygen atoms in total. The minimum atomic E-state index is 0.0946. The molecule has 1 N–H and O–H groups in total. The molecular formula is C23H28N2O3. The van der Waals surface area contributed by atoms with Gasteiger partial charge in [-0.1, -0.05) is 36.4 Å². The summed E-state index contributed by atoms with van der Waals surface area (Å²) in [4.78, 5) is 14.7. The van der Waals surface area contributed by atoms with Gasteiger partial charge in [-0.3, -0.25) is 9.69 Å². The zero-order chi connectivity index (χ0) is 19.2.